The van der Waals surface area contributed by atoms with Crippen LogP contribution in [0.1, 0.15) is 32.1 Å². The van der Waals surface area contributed by atoms with Crippen molar-refractivity contribution >= 4 is 23.4 Å². The average Bonchev–Trinajstić information content (AvgIpc) is 2.77. The minimum absolute atomic E-state index is 0.0463. The topological polar surface area (TPSA) is 58.6 Å². The van der Waals surface area contributed by atoms with E-state index in [4.69, 9.17) is 16.3 Å². The van der Waals surface area contributed by atoms with E-state index in [1.807, 2.05) is 4.90 Å². The third-order valence-electron chi connectivity index (χ3n) is 3.86. The predicted octanol–water partition coefficient (Wildman–Crippen LogP) is 2.77. The second-order valence-electron chi connectivity index (χ2n) is 5.76. The first-order valence-electron chi connectivity index (χ1n) is 8.18. The van der Waals surface area contributed by atoms with Crippen molar-refractivity contribution in [1.29, 1.82) is 0 Å². The summed E-state index contributed by atoms with van der Waals surface area (Å²) >= 11 is 5.64. The number of carbonyl (C=O) groups excluding carboxylic acids is 2. The number of carbonyl (C=O) groups is 2. The number of likely N-dealkylation sites (tertiary alicyclic amines) is 1. The van der Waals surface area contributed by atoms with Gasteiger partial charge in [-0.25, -0.2) is 4.39 Å². The molecule has 1 saturated heterocycles. The van der Waals surface area contributed by atoms with E-state index in [-0.39, 0.29) is 23.4 Å². The Balaban J connectivity index is 1.62. The molecule has 0 saturated carbocycles. The van der Waals surface area contributed by atoms with Crippen LogP contribution in [0.25, 0.3) is 0 Å². The first kappa shape index (κ1) is 18.5. The van der Waals surface area contributed by atoms with E-state index in [9.17, 15) is 14.0 Å². The van der Waals surface area contributed by atoms with Crippen LogP contribution in [0.3, 0.4) is 0 Å². The standard InChI is InChI=1S/C17H22ClFN2O3/c18-14-11-13(6-7-15(14)19)24-12-16(22)20-8-4-10-21-9-3-1-2-5-17(21)23/h6-7,11H,1-5,8-10,12H2,(H,20,22). The zero-order chi connectivity index (χ0) is 17.4. The van der Waals surface area contributed by atoms with Gasteiger partial charge in [-0.3, -0.25) is 9.59 Å². The number of rotatable bonds is 7. The number of hydrogen-bond acceptors (Lipinski definition) is 3. The van der Waals surface area contributed by atoms with Crippen LogP contribution in [0.2, 0.25) is 5.02 Å². The Bertz CT molecular complexity index is 583. The average molecular weight is 357 g/mol. The second-order valence-corrected chi connectivity index (χ2v) is 6.17. The molecule has 24 heavy (non-hydrogen) atoms. The molecule has 0 aliphatic carbocycles. The lowest BCUT2D eigenvalue weighted by Crippen LogP contribution is -2.35. The van der Waals surface area contributed by atoms with E-state index in [2.05, 4.69) is 5.32 Å². The molecule has 1 aliphatic heterocycles. The maximum Gasteiger partial charge on any atom is 0.257 e. The van der Waals surface area contributed by atoms with Gasteiger partial charge in [0.2, 0.25) is 5.91 Å². The Hall–Kier alpha value is -1.82. The molecule has 0 aromatic heterocycles. The van der Waals surface area contributed by atoms with Crippen LogP contribution in [0, 0.1) is 5.82 Å². The van der Waals surface area contributed by atoms with E-state index < -0.39 is 5.82 Å². The largest absolute Gasteiger partial charge is 0.484 e. The number of nitrogens with zero attached hydrogens (tertiary/aromatic N) is 1. The molecule has 1 aliphatic rings. The number of nitrogens with one attached hydrogen (secondary N) is 1. The molecule has 0 spiro atoms. The zero-order valence-electron chi connectivity index (χ0n) is 13.5. The summed E-state index contributed by atoms with van der Waals surface area (Å²) in [7, 11) is 0. The number of amides is 2. The van der Waals surface area contributed by atoms with Gasteiger partial charge in [0.15, 0.2) is 6.61 Å². The molecule has 1 aromatic carbocycles. The summed E-state index contributed by atoms with van der Waals surface area (Å²) in [5.41, 5.74) is 0. The maximum absolute atomic E-state index is 13.0. The third-order valence-corrected chi connectivity index (χ3v) is 4.15. The molecular formula is C17H22ClFN2O3. The van der Waals surface area contributed by atoms with Gasteiger partial charge in [0.1, 0.15) is 11.6 Å². The fourth-order valence-electron chi connectivity index (χ4n) is 2.54. The van der Waals surface area contributed by atoms with Gasteiger partial charge in [0.25, 0.3) is 5.91 Å². The quantitative estimate of drug-likeness (QED) is 0.764. The number of ether oxygens (including phenoxy) is 1. The molecule has 1 N–H and O–H groups in total. The summed E-state index contributed by atoms with van der Waals surface area (Å²) in [6, 6.07) is 3.93. The SMILES string of the molecule is O=C(COc1ccc(F)c(Cl)c1)NCCCN1CCCCCC1=O. The van der Waals surface area contributed by atoms with Gasteiger partial charge < -0.3 is 15.0 Å². The van der Waals surface area contributed by atoms with Crippen molar-refractivity contribution in [1.82, 2.24) is 10.2 Å². The Morgan fingerprint density at radius 1 is 1.33 bits per heavy atom. The monoisotopic (exact) mass is 356 g/mol. The van der Waals surface area contributed by atoms with Crippen molar-refractivity contribution in [3.05, 3.63) is 29.0 Å². The van der Waals surface area contributed by atoms with E-state index in [0.29, 0.717) is 31.7 Å². The van der Waals surface area contributed by atoms with E-state index in [0.717, 1.165) is 25.8 Å². The molecule has 0 atom stereocenters. The predicted molar refractivity (Wildman–Crippen MR) is 89.6 cm³/mol. The summed E-state index contributed by atoms with van der Waals surface area (Å²) in [5.74, 6) is -0.253. The van der Waals surface area contributed by atoms with Crippen LogP contribution >= 0.6 is 11.6 Å². The molecule has 5 nitrogen and oxygen atoms in total. The van der Waals surface area contributed by atoms with E-state index in [1.54, 1.807) is 0 Å². The first-order chi connectivity index (χ1) is 11.6. The van der Waals surface area contributed by atoms with Crippen molar-refractivity contribution in [2.75, 3.05) is 26.2 Å². The molecule has 0 unspecified atom stereocenters. The highest BCUT2D eigenvalue weighted by molar-refractivity contribution is 6.30. The van der Waals surface area contributed by atoms with Crippen LogP contribution in [-0.2, 0) is 9.59 Å². The highest BCUT2D eigenvalue weighted by Gasteiger charge is 2.15. The van der Waals surface area contributed by atoms with Crippen molar-refractivity contribution in [2.45, 2.75) is 32.1 Å². The van der Waals surface area contributed by atoms with Gasteiger partial charge in [-0.2, -0.15) is 0 Å². The molecule has 1 fully saturated rings. The van der Waals surface area contributed by atoms with Crippen LogP contribution < -0.4 is 10.1 Å². The lowest BCUT2D eigenvalue weighted by Gasteiger charge is -2.20. The van der Waals surface area contributed by atoms with Crippen molar-refractivity contribution in [3.63, 3.8) is 0 Å². The Morgan fingerprint density at radius 3 is 2.96 bits per heavy atom. The summed E-state index contributed by atoms with van der Waals surface area (Å²) < 4.78 is 18.3. The van der Waals surface area contributed by atoms with Gasteiger partial charge >= 0.3 is 0 Å². The number of halogens is 2. The van der Waals surface area contributed by atoms with Crippen LogP contribution in [0.15, 0.2) is 18.2 Å². The lowest BCUT2D eigenvalue weighted by atomic mass is 10.2. The van der Waals surface area contributed by atoms with Crippen molar-refractivity contribution < 1.29 is 18.7 Å². The van der Waals surface area contributed by atoms with Gasteiger partial charge in [-0.1, -0.05) is 18.0 Å². The summed E-state index contributed by atoms with van der Waals surface area (Å²) in [5, 5.41) is 2.69. The number of benzene rings is 1. The normalized spacial score (nSPS) is 15.1. The molecule has 132 valence electrons. The molecule has 2 amide bonds. The van der Waals surface area contributed by atoms with Gasteiger partial charge in [-0.15, -0.1) is 0 Å². The molecule has 1 aromatic rings. The summed E-state index contributed by atoms with van der Waals surface area (Å²) in [6.07, 6.45) is 4.45. The smallest absolute Gasteiger partial charge is 0.257 e. The highest BCUT2D eigenvalue weighted by atomic mass is 35.5. The highest BCUT2D eigenvalue weighted by Crippen LogP contribution is 2.20. The molecule has 7 heteroatoms. The van der Waals surface area contributed by atoms with Gasteiger partial charge in [0, 0.05) is 32.1 Å². The minimum atomic E-state index is -0.531. The Morgan fingerprint density at radius 2 is 2.17 bits per heavy atom. The van der Waals surface area contributed by atoms with E-state index >= 15 is 0 Å². The van der Waals surface area contributed by atoms with Crippen molar-refractivity contribution in [2.24, 2.45) is 0 Å². The van der Waals surface area contributed by atoms with E-state index in [1.165, 1.54) is 18.2 Å². The summed E-state index contributed by atoms with van der Waals surface area (Å²) in [6.45, 7) is 1.79. The second kappa shape index (κ2) is 9.47. The molecule has 1 heterocycles. The fraction of sp³-hybridized carbons (Fsp3) is 0.529. The van der Waals surface area contributed by atoms with Crippen LogP contribution in [-0.4, -0.2) is 43.0 Å². The number of hydrogen-bond donors (Lipinski definition) is 1. The third kappa shape index (κ3) is 6.00. The molecule has 0 radical (unpaired) electrons. The van der Waals surface area contributed by atoms with Gasteiger partial charge in [0.05, 0.1) is 5.02 Å². The molecular weight excluding hydrogens is 335 g/mol. The summed E-state index contributed by atoms with van der Waals surface area (Å²) in [4.78, 5) is 25.4. The Labute approximate surface area is 146 Å². The first-order valence-corrected chi connectivity index (χ1v) is 8.56. The lowest BCUT2D eigenvalue weighted by molar-refractivity contribution is -0.130. The van der Waals surface area contributed by atoms with Crippen LogP contribution in [0.5, 0.6) is 5.75 Å². The van der Waals surface area contributed by atoms with Gasteiger partial charge in [-0.05, 0) is 31.4 Å². The molecule has 0 bridgehead atoms. The Kier molecular flexibility index (Phi) is 7.31. The van der Waals surface area contributed by atoms with Crippen LogP contribution in [0.4, 0.5) is 4.39 Å². The molecule has 2 rings (SSSR count). The minimum Gasteiger partial charge on any atom is -0.484 e. The van der Waals surface area contributed by atoms with Crippen molar-refractivity contribution in [3.8, 4) is 5.75 Å². The maximum atomic E-state index is 13.0. The zero-order valence-corrected chi connectivity index (χ0v) is 14.3. The fourth-order valence-corrected chi connectivity index (χ4v) is 2.71.